The Bertz CT molecular complexity index is 561. The first-order valence-corrected chi connectivity index (χ1v) is 9.35. The summed E-state index contributed by atoms with van der Waals surface area (Å²) in [6, 6.07) is -0.344. The highest BCUT2D eigenvalue weighted by molar-refractivity contribution is 6.09. The number of nitrogens with zero attached hydrogens (tertiary/aromatic N) is 1. The van der Waals surface area contributed by atoms with Gasteiger partial charge in [0.2, 0.25) is 5.91 Å². The van der Waals surface area contributed by atoms with E-state index in [1.54, 1.807) is 0 Å². The summed E-state index contributed by atoms with van der Waals surface area (Å²) < 4.78 is 0. The van der Waals surface area contributed by atoms with Gasteiger partial charge in [0.1, 0.15) is 12.1 Å². The zero-order valence-corrected chi connectivity index (χ0v) is 16.7. The fourth-order valence-corrected chi connectivity index (χ4v) is 4.33. The zero-order chi connectivity index (χ0) is 18.2. The van der Waals surface area contributed by atoms with Crippen LogP contribution in [0, 0.1) is 11.3 Å². The van der Waals surface area contributed by atoms with Crippen LogP contribution in [0.2, 0.25) is 0 Å². The minimum Gasteiger partial charge on any atom is -0.350 e. The van der Waals surface area contributed by atoms with Gasteiger partial charge in [0.25, 0.3) is 5.91 Å². The van der Waals surface area contributed by atoms with Crippen molar-refractivity contribution in [2.75, 3.05) is 19.6 Å². The van der Waals surface area contributed by atoms with Crippen LogP contribution in [0.1, 0.15) is 52.9 Å². The van der Waals surface area contributed by atoms with Crippen molar-refractivity contribution in [3.05, 3.63) is 0 Å². The number of urea groups is 1. The third-order valence-electron chi connectivity index (χ3n) is 6.04. The van der Waals surface area contributed by atoms with Gasteiger partial charge in [0.05, 0.1) is 0 Å². The van der Waals surface area contributed by atoms with E-state index < -0.39 is 11.6 Å². The van der Waals surface area contributed by atoms with Crippen molar-refractivity contribution >= 4 is 30.3 Å². The molecule has 8 heteroatoms. The molecule has 26 heavy (non-hydrogen) atoms. The molecule has 0 bridgehead atoms. The molecule has 1 atom stereocenters. The number of carbonyl (C=O) groups excluding carboxylic acids is 3. The third kappa shape index (κ3) is 4.14. The lowest BCUT2D eigenvalue weighted by Gasteiger charge is -2.40. The molecule has 1 unspecified atom stereocenters. The largest absolute Gasteiger partial charge is 0.350 e. The van der Waals surface area contributed by atoms with Crippen LogP contribution in [-0.2, 0) is 9.59 Å². The van der Waals surface area contributed by atoms with Gasteiger partial charge in [-0.3, -0.25) is 14.5 Å². The molecule has 4 amide bonds. The van der Waals surface area contributed by atoms with Crippen LogP contribution in [0.3, 0.4) is 0 Å². The first-order chi connectivity index (χ1) is 11.7. The molecular formula is C18H31ClN4O3. The fourth-order valence-electron chi connectivity index (χ4n) is 4.33. The summed E-state index contributed by atoms with van der Waals surface area (Å²) >= 11 is 0. The van der Waals surface area contributed by atoms with E-state index in [-0.39, 0.29) is 42.2 Å². The van der Waals surface area contributed by atoms with Crippen molar-refractivity contribution in [3.8, 4) is 0 Å². The smallest absolute Gasteiger partial charge is 0.325 e. The molecular weight excluding hydrogens is 356 g/mol. The van der Waals surface area contributed by atoms with Crippen molar-refractivity contribution < 1.29 is 14.4 Å². The van der Waals surface area contributed by atoms with Gasteiger partial charge in [-0.05, 0) is 50.0 Å². The number of nitrogens with one attached hydrogen (secondary N) is 3. The molecule has 0 radical (unpaired) electrons. The van der Waals surface area contributed by atoms with Crippen LogP contribution in [0.25, 0.3) is 0 Å². The summed E-state index contributed by atoms with van der Waals surface area (Å²) in [6.45, 7) is 8.10. The van der Waals surface area contributed by atoms with E-state index in [2.05, 4.69) is 36.7 Å². The molecule has 2 aliphatic heterocycles. The minimum atomic E-state index is -0.798. The van der Waals surface area contributed by atoms with E-state index in [9.17, 15) is 14.4 Å². The lowest BCUT2D eigenvalue weighted by Crippen LogP contribution is -2.51. The van der Waals surface area contributed by atoms with E-state index in [0.29, 0.717) is 18.8 Å². The molecule has 3 aliphatic rings. The van der Waals surface area contributed by atoms with Crippen molar-refractivity contribution in [2.45, 2.75) is 64.5 Å². The lowest BCUT2D eigenvalue weighted by atomic mass is 9.67. The van der Waals surface area contributed by atoms with Gasteiger partial charge in [-0.15, -0.1) is 12.4 Å². The van der Waals surface area contributed by atoms with Crippen LogP contribution in [-0.4, -0.2) is 54.0 Å². The van der Waals surface area contributed by atoms with E-state index in [1.165, 1.54) is 0 Å². The maximum Gasteiger partial charge on any atom is 0.325 e. The van der Waals surface area contributed by atoms with Crippen LogP contribution in [0.15, 0.2) is 0 Å². The number of amides is 4. The molecule has 2 saturated heterocycles. The van der Waals surface area contributed by atoms with Crippen LogP contribution in [0.5, 0.6) is 0 Å². The monoisotopic (exact) mass is 386 g/mol. The van der Waals surface area contributed by atoms with E-state index in [0.717, 1.165) is 37.3 Å². The number of halogens is 1. The topological polar surface area (TPSA) is 90.5 Å². The molecule has 1 saturated carbocycles. The van der Waals surface area contributed by atoms with Gasteiger partial charge in [-0.2, -0.15) is 0 Å². The molecule has 1 aliphatic carbocycles. The minimum absolute atomic E-state index is 0. The molecule has 2 heterocycles. The molecule has 3 rings (SSSR count). The highest BCUT2D eigenvalue weighted by atomic mass is 35.5. The molecule has 0 aromatic carbocycles. The van der Waals surface area contributed by atoms with Gasteiger partial charge >= 0.3 is 6.03 Å². The number of carbonyl (C=O) groups is 3. The quantitative estimate of drug-likeness (QED) is 0.640. The first-order valence-electron chi connectivity index (χ1n) is 9.35. The molecule has 148 valence electrons. The molecule has 0 aromatic rings. The Kier molecular flexibility index (Phi) is 6.23. The Morgan fingerprint density at radius 2 is 1.88 bits per heavy atom. The van der Waals surface area contributed by atoms with E-state index in [4.69, 9.17) is 0 Å². The number of imide groups is 1. The van der Waals surface area contributed by atoms with Gasteiger partial charge in [0, 0.05) is 12.6 Å². The Balaban J connectivity index is 0.00000243. The molecule has 0 aromatic heterocycles. The standard InChI is InChI=1S/C18H30N4O3.ClH/c1-17(2,3)12-4-7-18(8-5-12)15(24)22(16(25)21-18)11-14(23)20-13-6-9-19-10-13;/h12-13,19H,4-11H2,1-3H3,(H,20,23)(H,21,25);1H. The molecule has 1 spiro atoms. The molecule has 7 nitrogen and oxygen atoms in total. The number of hydrogen-bond acceptors (Lipinski definition) is 4. The van der Waals surface area contributed by atoms with Gasteiger partial charge in [0.15, 0.2) is 0 Å². The maximum absolute atomic E-state index is 12.9. The third-order valence-corrected chi connectivity index (χ3v) is 6.04. The summed E-state index contributed by atoms with van der Waals surface area (Å²) in [5.41, 5.74) is -0.587. The number of hydrogen-bond donors (Lipinski definition) is 3. The number of rotatable bonds is 3. The zero-order valence-electron chi connectivity index (χ0n) is 15.9. The SMILES string of the molecule is CC(C)(C)C1CCC2(CC1)NC(=O)N(CC(=O)NC1CCNC1)C2=O.Cl. The van der Waals surface area contributed by atoms with Crippen LogP contribution in [0.4, 0.5) is 4.79 Å². The van der Waals surface area contributed by atoms with Crippen LogP contribution < -0.4 is 16.0 Å². The van der Waals surface area contributed by atoms with E-state index in [1.807, 2.05) is 0 Å². The highest BCUT2D eigenvalue weighted by Gasteiger charge is 2.53. The Hall–Kier alpha value is -1.34. The Labute approximate surface area is 161 Å². The first kappa shape index (κ1) is 21.0. The maximum atomic E-state index is 12.9. The summed E-state index contributed by atoms with van der Waals surface area (Å²) in [6.07, 6.45) is 4.03. The van der Waals surface area contributed by atoms with Gasteiger partial charge in [-0.25, -0.2) is 4.79 Å². The predicted molar refractivity (Wildman–Crippen MR) is 101 cm³/mol. The summed E-state index contributed by atoms with van der Waals surface area (Å²) in [5, 5.41) is 8.95. The second-order valence-corrected chi connectivity index (χ2v) is 8.80. The summed E-state index contributed by atoms with van der Waals surface area (Å²) in [4.78, 5) is 38.5. The summed E-state index contributed by atoms with van der Waals surface area (Å²) in [5.74, 6) is 0.0530. The van der Waals surface area contributed by atoms with E-state index >= 15 is 0 Å². The van der Waals surface area contributed by atoms with Crippen LogP contribution >= 0.6 is 12.4 Å². The second kappa shape index (κ2) is 7.72. The average molecular weight is 387 g/mol. The second-order valence-electron chi connectivity index (χ2n) is 8.80. The molecule has 3 N–H and O–H groups in total. The fraction of sp³-hybridized carbons (Fsp3) is 0.833. The highest BCUT2D eigenvalue weighted by Crippen LogP contribution is 2.43. The van der Waals surface area contributed by atoms with Crippen molar-refractivity contribution in [1.82, 2.24) is 20.9 Å². The van der Waals surface area contributed by atoms with Gasteiger partial charge < -0.3 is 16.0 Å². The Morgan fingerprint density at radius 1 is 1.23 bits per heavy atom. The van der Waals surface area contributed by atoms with Crippen molar-refractivity contribution in [3.63, 3.8) is 0 Å². The molecule has 3 fully saturated rings. The Morgan fingerprint density at radius 3 is 2.42 bits per heavy atom. The lowest BCUT2D eigenvalue weighted by molar-refractivity contribution is -0.136. The normalized spacial score (nSPS) is 31.7. The van der Waals surface area contributed by atoms with Gasteiger partial charge in [-0.1, -0.05) is 20.8 Å². The van der Waals surface area contributed by atoms with Crippen molar-refractivity contribution in [1.29, 1.82) is 0 Å². The summed E-state index contributed by atoms with van der Waals surface area (Å²) in [7, 11) is 0. The average Bonchev–Trinajstić information content (AvgIpc) is 3.10. The predicted octanol–water partition coefficient (Wildman–Crippen LogP) is 1.41. The van der Waals surface area contributed by atoms with Crippen molar-refractivity contribution in [2.24, 2.45) is 11.3 Å².